The second-order valence-corrected chi connectivity index (χ2v) is 6.00. The maximum Gasteiger partial charge on any atom is 0.321 e. The number of likely N-dealkylation sites (tertiary alicyclic amines) is 1. The van der Waals surface area contributed by atoms with Crippen molar-refractivity contribution in [2.75, 3.05) is 18.4 Å². The fraction of sp³-hybridized carbons (Fsp3) is 0.353. The molecule has 2 heterocycles. The Balaban J connectivity index is 1.71. The Hall–Kier alpha value is -2.83. The van der Waals surface area contributed by atoms with Gasteiger partial charge in [-0.25, -0.2) is 9.78 Å². The van der Waals surface area contributed by atoms with Crippen molar-refractivity contribution in [2.45, 2.75) is 12.8 Å². The number of aryl methyl sites for hydroxylation is 1. The van der Waals surface area contributed by atoms with Crippen molar-refractivity contribution in [3.63, 3.8) is 0 Å². The van der Waals surface area contributed by atoms with Crippen molar-refractivity contribution < 1.29 is 14.7 Å². The van der Waals surface area contributed by atoms with E-state index >= 15 is 0 Å². The van der Waals surface area contributed by atoms with Gasteiger partial charge in [0.2, 0.25) is 0 Å². The summed E-state index contributed by atoms with van der Waals surface area (Å²) in [5.74, 6) is -0.511. The van der Waals surface area contributed by atoms with Crippen LogP contribution in [-0.4, -0.2) is 44.6 Å². The van der Waals surface area contributed by atoms with Crippen molar-refractivity contribution in [1.29, 1.82) is 0 Å². The predicted molar refractivity (Wildman–Crippen MR) is 89.6 cm³/mol. The highest BCUT2D eigenvalue weighted by molar-refractivity contribution is 5.90. The summed E-state index contributed by atoms with van der Waals surface area (Å²) in [6, 6.07) is 7.19. The van der Waals surface area contributed by atoms with E-state index in [2.05, 4.69) is 10.3 Å². The van der Waals surface area contributed by atoms with E-state index in [-0.39, 0.29) is 12.6 Å². The number of nitrogens with zero attached hydrogens (tertiary/aromatic N) is 3. The number of rotatable bonds is 3. The number of carbonyl (C=O) groups is 2. The van der Waals surface area contributed by atoms with Crippen LogP contribution in [-0.2, 0) is 11.8 Å². The van der Waals surface area contributed by atoms with Gasteiger partial charge in [0.1, 0.15) is 5.82 Å². The molecule has 2 N–H and O–H groups in total. The fourth-order valence-corrected chi connectivity index (χ4v) is 2.95. The predicted octanol–water partition coefficient (Wildman–Crippen LogP) is 2.42. The number of piperidine rings is 1. The van der Waals surface area contributed by atoms with Crippen LogP contribution in [0.1, 0.15) is 12.8 Å². The minimum Gasteiger partial charge on any atom is -0.481 e. The number of hydrogen-bond acceptors (Lipinski definition) is 3. The van der Waals surface area contributed by atoms with Gasteiger partial charge in [0, 0.05) is 43.8 Å². The number of nitrogens with one attached hydrogen (secondary N) is 1. The molecular formula is C17H20N4O3. The molecule has 1 fully saturated rings. The SMILES string of the molecule is Cn1ccnc1-c1cccc(NC(=O)N2CCCC(C(=O)O)C2)c1. The lowest BCUT2D eigenvalue weighted by molar-refractivity contribution is -0.143. The average molecular weight is 328 g/mol. The molecule has 2 aromatic rings. The van der Waals surface area contributed by atoms with Gasteiger partial charge in [-0.15, -0.1) is 0 Å². The highest BCUT2D eigenvalue weighted by Gasteiger charge is 2.28. The van der Waals surface area contributed by atoms with E-state index in [9.17, 15) is 9.59 Å². The van der Waals surface area contributed by atoms with Gasteiger partial charge in [-0.1, -0.05) is 12.1 Å². The number of aliphatic carboxylic acids is 1. The third kappa shape index (κ3) is 3.40. The third-order valence-electron chi connectivity index (χ3n) is 4.25. The van der Waals surface area contributed by atoms with Crippen LogP contribution in [0.4, 0.5) is 10.5 Å². The molecule has 1 aromatic carbocycles. The number of hydrogen-bond donors (Lipinski definition) is 2. The summed E-state index contributed by atoms with van der Waals surface area (Å²) in [6.07, 6.45) is 4.91. The van der Waals surface area contributed by atoms with Gasteiger partial charge in [0.15, 0.2) is 0 Å². The van der Waals surface area contributed by atoms with Gasteiger partial charge < -0.3 is 19.9 Å². The monoisotopic (exact) mass is 328 g/mol. The first-order valence-corrected chi connectivity index (χ1v) is 7.91. The lowest BCUT2D eigenvalue weighted by Crippen LogP contribution is -2.44. The molecule has 0 radical (unpaired) electrons. The van der Waals surface area contributed by atoms with Crippen LogP contribution in [0, 0.1) is 5.92 Å². The number of carboxylic acids is 1. The summed E-state index contributed by atoms with van der Waals surface area (Å²) in [7, 11) is 1.91. The van der Waals surface area contributed by atoms with Gasteiger partial charge in [-0.3, -0.25) is 4.79 Å². The molecule has 1 unspecified atom stereocenters. The number of amides is 2. The largest absolute Gasteiger partial charge is 0.481 e. The lowest BCUT2D eigenvalue weighted by atomic mass is 9.99. The van der Waals surface area contributed by atoms with Crippen molar-refractivity contribution in [3.05, 3.63) is 36.7 Å². The molecule has 1 saturated heterocycles. The fourth-order valence-electron chi connectivity index (χ4n) is 2.95. The van der Waals surface area contributed by atoms with E-state index in [1.54, 1.807) is 11.1 Å². The first-order valence-electron chi connectivity index (χ1n) is 7.91. The molecule has 1 aliphatic heterocycles. The highest BCUT2D eigenvalue weighted by atomic mass is 16.4. The van der Waals surface area contributed by atoms with Crippen LogP contribution >= 0.6 is 0 Å². The van der Waals surface area contributed by atoms with Gasteiger partial charge in [0.25, 0.3) is 0 Å². The summed E-state index contributed by atoms with van der Waals surface area (Å²) in [6.45, 7) is 0.828. The van der Waals surface area contributed by atoms with Crippen molar-refractivity contribution in [3.8, 4) is 11.4 Å². The standard InChI is InChI=1S/C17H20N4O3/c1-20-9-7-18-15(20)12-4-2-6-14(10-12)19-17(24)21-8-3-5-13(11-21)16(22)23/h2,4,6-7,9-10,13H,3,5,8,11H2,1H3,(H,19,24)(H,22,23). The summed E-state index contributed by atoms with van der Waals surface area (Å²) in [5, 5.41) is 12.0. The van der Waals surface area contributed by atoms with Crippen LogP contribution in [0.5, 0.6) is 0 Å². The average Bonchev–Trinajstić information content (AvgIpc) is 3.01. The van der Waals surface area contributed by atoms with Gasteiger partial charge >= 0.3 is 12.0 Å². The van der Waals surface area contributed by atoms with Gasteiger partial charge in [-0.05, 0) is 25.0 Å². The summed E-state index contributed by atoms with van der Waals surface area (Å²) in [4.78, 5) is 29.4. The second-order valence-electron chi connectivity index (χ2n) is 6.00. The normalized spacial score (nSPS) is 17.5. The third-order valence-corrected chi connectivity index (χ3v) is 4.25. The van der Waals surface area contributed by atoms with Gasteiger partial charge in [-0.2, -0.15) is 0 Å². The number of carbonyl (C=O) groups excluding carboxylic acids is 1. The summed E-state index contributed by atoms with van der Waals surface area (Å²) >= 11 is 0. The van der Waals surface area contributed by atoms with E-state index in [4.69, 9.17) is 5.11 Å². The zero-order chi connectivity index (χ0) is 17.1. The summed E-state index contributed by atoms with van der Waals surface area (Å²) in [5.41, 5.74) is 1.57. The first-order chi connectivity index (χ1) is 11.5. The second kappa shape index (κ2) is 6.74. The number of carboxylic acid groups (broad SMARTS) is 1. The molecular weight excluding hydrogens is 308 g/mol. The number of imidazole rings is 1. The molecule has 126 valence electrons. The Morgan fingerprint density at radius 2 is 2.21 bits per heavy atom. The molecule has 0 spiro atoms. The molecule has 7 heteroatoms. The van der Waals surface area contributed by atoms with Crippen LogP contribution in [0.3, 0.4) is 0 Å². The van der Waals surface area contributed by atoms with Crippen LogP contribution in [0.25, 0.3) is 11.4 Å². The molecule has 24 heavy (non-hydrogen) atoms. The Morgan fingerprint density at radius 1 is 1.38 bits per heavy atom. The van der Waals surface area contributed by atoms with Crippen LogP contribution < -0.4 is 5.32 Å². The zero-order valence-corrected chi connectivity index (χ0v) is 13.5. The van der Waals surface area contributed by atoms with Crippen LogP contribution in [0.15, 0.2) is 36.7 Å². The van der Waals surface area contributed by atoms with E-state index in [1.165, 1.54) is 0 Å². The minimum absolute atomic E-state index is 0.250. The van der Waals surface area contributed by atoms with Crippen molar-refractivity contribution in [2.24, 2.45) is 13.0 Å². The maximum atomic E-state index is 12.4. The Morgan fingerprint density at radius 3 is 2.92 bits per heavy atom. The molecule has 0 bridgehead atoms. The van der Waals surface area contributed by atoms with E-state index in [0.717, 1.165) is 11.4 Å². The Bertz CT molecular complexity index is 756. The number of anilines is 1. The Kier molecular flexibility index (Phi) is 4.50. The van der Waals surface area contributed by atoms with Gasteiger partial charge in [0.05, 0.1) is 5.92 Å². The molecule has 1 aliphatic rings. The topological polar surface area (TPSA) is 87.5 Å². The molecule has 2 amide bonds. The number of benzene rings is 1. The van der Waals surface area contributed by atoms with E-state index < -0.39 is 11.9 Å². The van der Waals surface area contributed by atoms with E-state index in [0.29, 0.717) is 25.1 Å². The summed E-state index contributed by atoms with van der Waals surface area (Å²) < 4.78 is 1.91. The molecule has 1 aromatic heterocycles. The highest BCUT2D eigenvalue weighted by Crippen LogP contribution is 2.22. The molecule has 3 rings (SSSR count). The van der Waals surface area contributed by atoms with Crippen LogP contribution in [0.2, 0.25) is 0 Å². The molecule has 1 atom stereocenters. The van der Waals surface area contributed by atoms with Crippen molar-refractivity contribution >= 4 is 17.7 Å². The number of urea groups is 1. The van der Waals surface area contributed by atoms with E-state index in [1.807, 2.05) is 42.1 Å². The quantitative estimate of drug-likeness (QED) is 0.906. The first kappa shape index (κ1) is 16.0. The molecule has 0 aliphatic carbocycles. The zero-order valence-electron chi connectivity index (χ0n) is 13.5. The minimum atomic E-state index is -0.843. The molecule has 7 nitrogen and oxygen atoms in total. The maximum absolute atomic E-state index is 12.4. The van der Waals surface area contributed by atoms with Crippen molar-refractivity contribution in [1.82, 2.24) is 14.5 Å². The molecule has 0 saturated carbocycles. The Labute approximate surface area is 139 Å². The smallest absolute Gasteiger partial charge is 0.321 e. The number of aromatic nitrogens is 2. The lowest BCUT2D eigenvalue weighted by Gasteiger charge is -2.30.